The lowest BCUT2D eigenvalue weighted by Gasteiger charge is -1.99. The average Bonchev–Trinajstić information content (AvgIpc) is 3.04. The van der Waals surface area contributed by atoms with Crippen LogP contribution in [0.4, 0.5) is 0 Å². The third-order valence-corrected chi connectivity index (χ3v) is 4.29. The first-order valence-corrected chi connectivity index (χ1v) is 8.83. The van der Waals surface area contributed by atoms with E-state index in [1.807, 2.05) is 44.2 Å². The summed E-state index contributed by atoms with van der Waals surface area (Å²) in [6, 6.07) is 9.27. The van der Waals surface area contributed by atoms with E-state index in [0.29, 0.717) is 10.9 Å². The second-order valence-corrected chi connectivity index (χ2v) is 6.44. The standard InChI is InChI=1S/C17H18N6O2S/c1-11-8-12(2)23-16(19-11)20-17(22-23)26-10-15(24)21-18-9-13-4-6-14(25-3)7-5-13/h4-9H,10H2,1-3H3,(H,21,24)/b18-9-. The van der Waals surface area contributed by atoms with E-state index in [1.54, 1.807) is 17.8 Å². The number of thioether (sulfide) groups is 1. The Labute approximate surface area is 154 Å². The molecule has 0 aliphatic rings. The Morgan fingerprint density at radius 1 is 1.31 bits per heavy atom. The van der Waals surface area contributed by atoms with E-state index in [-0.39, 0.29) is 11.7 Å². The normalized spacial score (nSPS) is 11.2. The van der Waals surface area contributed by atoms with Gasteiger partial charge in [-0.1, -0.05) is 11.8 Å². The van der Waals surface area contributed by atoms with Crippen LogP contribution >= 0.6 is 11.8 Å². The van der Waals surface area contributed by atoms with Crippen LogP contribution in [0.25, 0.3) is 5.78 Å². The number of amides is 1. The summed E-state index contributed by atoms with van der Waals surface area (Å²) in [5.41, 5.74) is 5.17. The Bertz CT molecular complexity index is 952. The van der Waals surface area contributed by atoms with E-state index >= 15 is 0 Å². The van der Waals surface area contributed by atoms with Crippen LogP contribution in [-0.2, 0) is 4.79 Å². The molecule has 1 N–H and O–H groups in total. The van der Waals surface area contributed by atoms with Gasteiger partial charge in [-0.25, -0.2) is 14.9 Å². The molecule has 1 amide bonds. The van der Waals surface area contributed by atoms with Gasteiger partial charge in [0.15, 0.2) is 0 Å². The predicted molar refractivity (Wildman–Crippen MR) is 99.7 cm³/mol. The second-order valence-electron chi connectivity index (χ2n) is 5.50. The minimum Gasteiger partial charge on any atom is -0.497 e. The van der Waals surface area contributed by atoms with Crippen LogP contribution in [0.15, 0.2) is 40.6 Å². The van der Waals surface area contributed by atoms with Crippen molar-refractivity contribution in [2.24, 2.45) is 5.10 Å². The van der Waals surface area contributed by atoms with Gasteiger partial charge in [0.25, 0.3) is 11.7 Å². The molecule has 2 aromatic heterocycles. The number of carbonyl (C=O) groups excluding carboxylic acids is 1. The van der Waals surface area contributed by atoms with Gasteiger partial charge in [0.1, 0.15) is 5.75 Å². The molecule has 1 aromatic carbocycles. The lowest BCUT2D eigenvalue weighted by Crippen LogP contribution is -2.19. The average molecular weight is 370 g/mol. The molecule has 0 bridgehead atoms. The molecule has 0 saturated carbocycles. The largest absolute Gasteiger partial charge is 0.497 e. The number of methoxy groups -OCH3 is 1. The number of fused-ring (bicyclic) bond motifs is 1. The number of ether oxygens (including phenoxy) is 1. The van der Waals surface area contributed by atoms with Crippen LogP contribution in [0, 0.1) is 13.8 Å². The number of aromatic nitrogens is 4. The van der Waals surface area contributed by atoms with Gasteiger partial charge in [-0.15, -0.1) is 5.10 Å². The SMILES string of the molecule is COc1ccc(/C=N\NC(=O)CSc2nc3nc(C)cc(C)n3n2)cc1. The van der Waals surface area contributed by atoms with Crippen LogP contribution < -0.4 is 10.2 Å². The Balaban J connectivity index is 1.53. The lowest BCUT2D eigenvalue weighted by atomic mass is 10.2. The van der Waals surface area contributed by atoms with E-state index < -0.39 is 0 Å². The monoisotopic (exact) mass is 370 g/mol. The Hall–Kier alpha value is -2.94. The van der Waals surface area contributed by atoms with Gasteiger partial charge in [0, 0.05) is 11.4 Å². The molecule has 134 valence electrons. The molecular weight excluding hydrogens is 352 g/mol. The highest BCUT2D eigenvalue weighted by molar-refractivity contribution is 7.99. The predicted octanol–water partition coefficient (Wildman–Crippen LogP) is 1.99. The zero-order valence-electron chi connectivity index (χ0n) is 14.6. The van der Waals surface area contributed by atoms with Gasteiger partial charge < -0.3 is 4.74 Å². The minimum absolute atomic E-state index is 0.162. The molecular formula is C17H18N6O2S. The summed E-state index contributed by atoms with van der Waals surface area (Å²) in [7, 11) is 1.61. The zero-order chi connectivity index (χ0) is 18.5. The fraction of sp³-hybridized carbons (Fsp3) is 0.235. The number of hydrazone groups is 1. The second kappa shape index (κ2) is 7.96. The van der Waals surface area contributed by atoms with Crippen molar-refractivity contribution in [3.05, 3.63) is 47.3 Å². The van der Waals surface area contributed by atoms with Crippen molar-refractivity contribution in [1.82, 2.24) is 25.0 Å². The molecule has 9 heteroatoms. The van der Waals surface area contributed by atoms with Crippen LogP contribution in [-0.4, -0.2) is 44.6 Å². The van der Waals surface area contributed by atoms with E-state index in [4.69, 9.17) is 4.74 Å². The zero-order valence-corrected chi connectivity index (χ0v) is 15.4. The van der Waals surface area contributed by atoms with Crippen LogP contribution in [0.1, 0.15) is 17.0 Å². The van der Waals surface area contributed by atoms with Crippen molar-refractivity contribution in [2.45, 2.75) is 19.0 Å². The molecule has 2 heterocycles. The quantitative estimate of drug-likeness (QED) is 0.405. The van der Waals surface area contributed by atoms with Crippen molar-refractivity contribution < 1.29 is 9.53 Å². The first-order chi connectivity index (χ1) is 12.5. The molecule has 0 fully saturated rings. The third kappa shape index (κ3) is 4.37. The van der Waals surface area contributed by atoms with Crippen molar-refractivity contribution in [2.75, 3.05) is 12.9 Å². The van der Waals surface area contributed by atoms with Gasteiger partial charge in [-0.2, -0.15) is 10.1 Å². The number of hydrogen-bond acceptors (Lipinski definition) is 7. The number of hydrogen-bond donors (Lipinski definition) is 1. The summed E-state index contributed by atoms with van der Waals surface area (Å²) in [5.74, 6) is 1.22. The fourth-order valence-electron chi connectivity index (χ4n) is 2.24. The maximum absolute atomic E-state index is 11.9. The van der Waals surface area contributed by atoms with Crippen molar-refractivity contribution in [3.8, 4) is 5.75 Å². The molecule has 0 spiro atoms. The van der Waals surface area contributed by atoms with E-state index in [0.717, 1.165) is 22.7 Å². The molecule has 0 atom stereocenters. The maximum atomic E-state index is 11.9. The number of nitrogens with one attached hydrogen (secondary N) is 1. The number of carbonyl (C=O) groups is 1. The van der Waals surface area contributed by atoms with Crippen molar-refractivity contribution in [1.29, 1.82) is 0 Å². The van der Waals surface area contributed by atoms with Crippen molar-refractivity contribution in [3.63, 3.8) is 0 Å². The molecule has 0 saturated heterocycles. The molecule has 26 heavy (non-hydrogen) atoms. The summed E-state index contributed by atoms with van der Waals surface area (Å²) in [4.78, 5) is 20.5. The van der Waals surface area contributed by atoms with Crippen LogP contribution in [0.3, 0.4) is 0 Å². The number of nitrogens with zero attached hydrogens (tertiary/aromatic N) is 5. The topological polar surface area (TPSA) is 93.8 Å². The maximum Gasteiger partial charge on any atom is 0.253 e. The number of aryl methyl sites for hydroxylation is 2. The Morgan fingerprint density at radius 3 is 2.81 bits per heavy atom. The van der Waals surface area contributed by atoms with Crippen LogP contribution in [0.5, 0.6) is 5.75 Å². The Morgan fingerprint density at radius 2 is 2.08 bits per heavy atom. The first kappa shape index (κ1) is 17.9. The van der Waals surface area contributed by atoms with E-state index in [2.05, 4.69) is 25.6 Å². The molecule has 3 rings (SSSR count). The van der Waals surface area contributed by atoms with Gasteiger partial charge in [0.05, 0.1) is 19.1 Å². The van der Waals surface area contributed by atoms with Crippen LogP contribution in [0.2, 0.25) is 0 Å². The highest BCUT2D eigenvalue weighted by Gasteiger charge is 2.10. The summed E-state index contributed by atoms with van der Waals surface area (Å²) >= 11 is 1.23. The van der Waals surface area contributed by atoms with Crippen molar-refractivity contribution >= 4 is 29.7 Å². The third-order valence-electron chi connectivity index (χ3n) is 3.45. The molecule has 8 nitrogen and oxygen atoms in total. The number of rotatable bonds is 6. The smallest absolute Gasteiger partial charge is 0.253 e. The summed E-state index contributed by atoms with van der Waals surface area (Å²) < 4.78 is 6.75. The summed E-state index contributed by atoms with van der Waals surface area (Å²) in [6.45, 7) is 3.84. The highest BCUT2D eigenvalue weighted by atomic mass is 32.2. The highest BCUT2D eigenvalue weighted by Crippen LogP contribution is 2.15. The molecule has 0 unspecified atom stereocenters. The first-order valence-electron chi connectivity index (χ1n) is 7.85. The minimum atomic E-state index is -0.237. The molecule has 0 aliphatic carbocycles. The van der Waals surface area contributed by atoms with E-state index in [9.17, 15) is 4.79 Å². The molecule has 0 aliphatic heterocycles. The van der Waals surface area contributed by atoms with Gasteiger partial charge in [0.2, 0.25) is 5.16 Å². The fourth-order valence-corrected chi connectivity index (χ4v) is 2.85. The summed E-state index contributed by atoms with van der Waals surface area (Å²) in [5, 5.41) is 8.79. The van der Waals surface area contributed by atoms with Gasteiger partial charge in [-0.05, 0) is 49.7 Å². The Kier molecular flexibility index (Phi) is 5.47. The van der Waals surface area contributed by atoms with Gasteiger partial charge in [-0.3, -0.25) is 4.79 Å². The molecule has 3 aromatic rings. The van der Waals surface area contributed by atoms with Gasteiger partial charge >= 0.3 is 0 Å². The van der Waals surface area contributed by atoms with E-state index in [1.165, 1.54) is 11.8 Å². The molecule has 0 radical (unpaired) electrons. The summed E-state index contributed by atoms with van der Waals surface area (Å²) in [6.07, 6.45) is 1.57. The number of benzene rings is 1. The lowest BCUT2D eigenvalue weighted by molar-refractivity contribution is -0.118.